The molecular formula is C14H13F3N2O2S. The fraction of sp³-hybridized carbons (Fsp3) is 0.286. The van der Waals surface area contributed by atoms with Crippen molar-refractivity contribution in [2.75, 3.05) is 7.11 Å². The van der Waals surface area contributed by atoms with Gasteiger partial charge in [-0.3, -0.25) is 4.79 Å². The molecule has 1 atom stereocenters. The van der Waals surface area contributed by atoms with E-state index in [0.29, 0.717) is 0 Å². The van der Waals surface area contributed by atoms with Crippen molar-refractivity contribution in [2.45, 2.75) is 18.8 Å². The van der Waals surface area contributed by atoms with E-state index in [2.05, 4.69) is 9.69 Å². The molecule has 0 saturated heterocycles. The average Bonchev–Trinajstić information content (AvgIpc) is 2.99. The zero-order chi connectivity index (χ0) is 16.2. The summed E-state index contributed by atoms with van der Waals surface area (Å²) in [4.78, 5) is 12.9. The summed E-state index contributed by atoms with van der Waals surface area (Å²) >= 11 is 1.20. The van der Waals surface area contributed by atoms with Gasteiger partial charge < -0.3 is 10.1 Å². The number of hydrogen-bond acceptors (Lipinski definition) is 4. The van der Waals surface area contributed by atoms with E-state index < -0.39 is 23.8 Å². The summed E-state index contributed by atoms with van der Waals surface area (Å²) in [7, 11) is 1.20. The molecule has 0 bridgehead atoms. The molecule has 0 aliphatic heterocycles. The van der Waals surface area contributed by atoms with E-state index in [1.165, 1.54) is 36.8 Å². The van der Waals surface area contributed by atoms with Crippen LogP contribution in [-0.4, -0.2) is 17.4 Å². The number of amides is 1. The Balaban J connectivity index is 2.19. The molecular weight excluding hydrogens is 317 g/mol. The quantitative estimate of drug-likeness (QED) is 0.916. The second-order valence-corrected chi connectivity index (χ2v) is 5.32. The predicted octanol–water partition coefficient (Wildman–Crippen LogP) is 3.17. The highest BCUT2D eigenvalue weighted by Gasteiger charge is 2.36. The Labute approximate surface area is 129 Å². The molecule has 1 aromatic heterocycles. The van der Waals surface area contributed by atoms with Crippen LogP contribution in [-0.2, 0) is 22.3 Å². The second kappa shape index (κ2) is 6.89. The average molecular weight is 330 g/mol. The predicted molar refractivity (Wildman–Crippen MR) is 75.2 cm³/mol. The van der Waals surface area contributed by atoms with Gasteiger partial charge in [0.1, 0.15) is 0 Å². The molecule has 4 nitrogen and oxygen atoms in total. The summed E-state index contributed by atoms with van der Waals surface area (Å²) in [5.41, 5.74) is -1.09. The molecule has 0 fully saturated rings. The molecule has 0 saturated carbocycles. The van der Waals surface area contributed by atoms with Crippen molar-refractivity contribution < 1.29 is 22.7 Å². The molecule has 0 aliphatic rings. The number of benzene rings is 1. The Morgan fingerprint density at radius 1 is 1.36 bits per heavy atom. The van der Waals surface area contributed by atoms with Crippen LogP contribution in [0.4, 0.5) is 13.2 Å². The summed E-state index contributed by atoms with van der Waals surface area (Å²) in [5.74, 6) is -0.632. The maximum absolute atomic E-state index is 13.0. The van der Waals surface area contributed by atoms with Crippen LogP contribution in [0.2, 0.25) is 0 Å². The van der Waals surface area contributed by atoms with Crippen LogP contribution in [0.25, 0.3) is 0 Å². The Morgan fingerprint density at radius 3 is 2.68 bits per heavy atom. The first-order valence-electron chi connectivity index (χ1n) is 6.29. The number of rotatable bonds is 5. The lowest BCUT2D eigenvalue weighted by molar-refractivity contribution is -0.141. The highest BCUT2D eigenvalue weighted by Crippen LogP contribution is 2.35. The van der Waals surface area contributed by atoms with Gasteiger partial charge in [0.05, 0.1) is 12.1 Å². The normalized spacial score (nSPS) is 12.9. The van der Waals surface area contributed by atoms with Gasteiger partial charge in [-0.2, -0.15) is 13.2 Å². The maximum atomic E-state index is 13.0. The number of carbonyl (C=O) groups excluding carboxylic acids is 1. The minimum Gasteiger partial charge on any atom is -0.367 e. The minimum atomic E-state index is -4.55. The zero-order valence-corrected chi connectivity index (χ0v) is 12.4. The molecule has 118 valence electrons. The van der Waals surface area contributed by atoms with Crippen LogP contribution in [0.3, 0.4) is 0 Å². The highest BCUT2D eigenvalue weighted by atomic mass is 32.1. The molecule has 22 heavy (non-hydrogen) atoms. The summed E-state index contributed by atoms with van der Waals surface area (Å²) in [6, 6.07) is 6.60. The van der Waals surface area contributed by atoms with Crippen molar-refractivity contribution in [3.63, 3.8) is 0 Å². The van der Waals surface area contributed by atoms with Gasteiger partial charge in [0.2, 0.25) is 0 Å². The van der Waals surface area contributed by atoms with E-state index in [-0.39, 0.29) is 12.1 Å². The number of carbonyl (C=O) groups is 1. The van der Waals surface area contributed by atoms with E-state index in [1.807, 2.05) is 0 Å². The summed E-state index contributed by atoms with van der Waals surface area (Å²) in [6.07, 6.45) is -4.30. The highest BCUT2D eigenvalue weighted by molar-refractivity contribution is 7.05. The summed E-state index contributed by atoms with van der Waals surface area (Å²) < 4.78 is 47.9. The third kappa shape index (κ3) is 3.83. The van der Waals surface area contributed by atoms with Gasteiger partial charge in [-0.1, -0.05) is 18.2 Å². The summed E-state index contributed by atoms with van der Waals surface area (Å²) in [5, 5.41) is 2.55. The molecule has 1 unspecified atom stereocenters. The SMILES string of the molecule is COC(C(=O)NCc1ccns1)c1ccccc1C(F)(F)F. The van der Waals surface area contributed by atoms with Gasteiger partial charge in [0.15, 0.2) is 6.10 Å². The molecule has 1 aromatic carbocycles. The number of alkyl halides is 3. The smallest absolute Gasteiger partial charge is 0.367 e. The van der Waals surface area contributed by atoms with Gasteiger partial charge in [0.25, 0.3) is 5.91 Å². The number of aromatic nitrogens is 1. The number of halogens is 3. The minimum absolute atomic E-state index is 0.192. The zero-order valence-electron chi connectivity index (χ0n) is 11.6. The standard InChI is InChI=1S/C14H13F3N2O2S/c1-21-12(13(20)18-8-9-6-7-19-22-9)10-4-2-3-5-11(10)14(15,16)17/h2-7,12H,8H2,1H3,(H,18,20). The molecule has 1 N–H and O–H groups in total. The van der Waals surface area contributed by atoms with Crippen molar-refractivity contribution in [3.05, 3.63) is 52.5 Å². The molecule has 1 heterocycles. The Morgan fingerprint density at radius 2 is 2.09 bits per heavy atom. The van der Waals surface area contributed by atoms with Crippen molar-refractivity contribution in [1.82, 2.24) is 9.69 Å². The molecule has 0 radical (unpaired) electrons. The maximum Gasteiger partial charge on any atom is 0.416 e. The lowest BCUT2D eigenvalue weighted by Crippen LogP contribution is -2.31. The van der Waals surface area contributed by atoms with Crippen LogP contribution in [0.1, 0.15) is 22.1 Å². The van der Waals surface area contributed by atoms with E-state index in [9.17, 15) is 18.0 Å². The second-order valence-electron chi connectivity index (χ2n) is 4.40. The van der Waals surface area contributed by atoms with Crippen LogP contribution in [0.15, 0.2) is 36.5 Å². The third-order valence-electron chi connectivity index (χ3n) is 2.95. The summed E-state index contributed by atoms with van der Waals surface area (Å²) in [6.45, 7) is 0.192. The number of nitrogens with one attached hydrogen (secondary N) is 1. The molecule has 0 spiro atoms. The first-order valence-corrected chi connectivity index (χ1v) is 7.07. The molecule has 8 heteroatoms. The number of methoxy groups -OCH3 is 1. The third-order valence-corrected chi connectivity index (χ3v) is 3.69. The van der Waals surface area contributed by atoms with Crippen LogP contribution in [0.5, 0.6) is 0 Å². The largest absolute Gasteiger partial charge is 0.416 e. The fourth-order valence-electron chi connectivity index (χ4n) is 1.96. The molecule has 1 amide bonds. The number of ether oxygens (including phenoxy) is 1. The van der Waals surface area contributed by atoms with Gasteiger partial charge in [-0.25, -0.2) is 4.37 Å². The van der Waals surface area contributed by atoms with Crippen molar-refractivity contribution in [2.24, 2.45) is 0 Å². The van der Waals surface area contributed by atoms with Crippen LogP contribution in [0, 0.1) is 0 Å². The van der Waals surface area contributed by atoms with Gasteiger partial charge in [0, 0.05) is 23.7 Å². The van der Waals surface area contributed by atoms with Crippen LogP contribution < -0.4 is 5.32 Å². The van der Waals surface area contributed by atoms with Gasteiger partial charge >= 0.3 is 6.18 Å². The monoisotopic (exact) mass is 330 g/mol. The first-order chi connectivity index (χ1) is 10.4. The van der Waals surface area contributed by atoms with Crippen molar-refractivity contribution in [3.8, 4) is 0 Å². The number of hydrogen-bond donors (Lipinski definition) is 1. The lowest BCUT2D eigenvalue weighted by atomic mass is 10.0. The topological polar surface area (TPSA) is 51.2 Å². The van der Waals surface area contributed by atoms with E-state index in [1.54, 1.807) is 12.3 Å². The van der Waals surface area contributed by atoms with E-state index in [0.717, 1.165) is 10.9 Å². The fourth-order valence-corrected chi connectivity index (χ4v) is 2.47. The Hall–Kier alpha value is -1.93. The Bertz CT molecular complexity index is 629. The Kier molecular flexibility index (Phi) is 5.15. The molecule has 2 rings (SSSR count). The van der Waals surface area contributed by atoms with Crippen LogP contribution >= 0.6 is 11.5 Å². The lowest BCUT2D eigenvalue weighted by Gasteiger charge is -2.19. The molecule has 0 aliphatic carbocycles. The molecule has 2 aromatic rings. The van der Waals surface area contributed by atoms with Crippen molar-refractivity contribution in [1.29, 1.82) is 0 Å². The first kappa shape index (κ1) is 16.4. The number of nitrogens with zero attached hydrogens (tertiary/aromatic N) is 1. The van der Waals surface area contributed by atoms with Gasteiger partial charge in [-0.05, 0) is 23.7 Å². The van der Waals surface area contributed by atoms with E-state index in [4.69, 9.17) is 4.74 Å². The van der Waals surface area contributed by atoms with E-state index >= 15 is 0 Å². The van der Waals surface area contributed by atoms with Gasteiger partial charge in [-0.15, -0.1) is 0 Å². The van der Waals surface area contributed by atoms with Crippen molar-refractivity contribution >= 4 is 17.4 Å².